The topological polar surface area (TPSA) is 76.7 Å². The van der Waals surface area contributed by atoms with Crippen LogP contribution >= 0.6 is 11.6 Å². The predicted molar refractivity (Wildman–Crippen MR) is 74.1 cm³/mol. The van der Waals surface area contributed by atoms with E-state index in [2.05, 4.69) is 25.4 Å². The van der Waals surface area contributed by atoms with Crippen LogP contribution in [0.1, 0.15) is 5.89 Å². The largest absolute Gasteiger partial charge is 0.376 e. The number of aromatic nitrogens is 4. The monoisotopic (exact) mass is 287 g/mol. The van der Waals surface area contributed by atoms with E-state index in [0.29, 0.717) is 29.1 Å². The van der Waals surface area contributed by atoms with E-state index in [-0.39, 0.29) is 0 Å². The van der Waals surface area contributed by atoms with E-state index >= 15 is 0 Å². The van der Waals surface area contributed by atoms with Gasteiger partial charge in [-0.15, -0.1) is 0 Å². The third kappa shape index (κ3) is 2.92. The average molecular weight is 288 g/mol. The van der Waals surface area contributed by atoms with E-state index in [1.807, 2.05) is 24.3 Å². The molecule has 3 rings (SSSR count). The van der Waals surface area contributed by atoms with Crippen LogP contribution in [-0.2, 0) is 6.54 Å². The number of hydrogen-bond donors (Lipinski definition) is 1. The Kier molecular flexibility index (Phi) is 3.56. The van der Waals surface area contributed by atoms with Crippen LogP contribution in [0.5, 0.6) is 0 Å². The lowest BCUT2D eigenvalue weighted by Crippen LogP contribution is -1.99. The van der Waals surface area contributed by atoms with Crippen LogP contribution < -0.4 is 5.32 Å². The van der Waals surface area contributed by atoms with Crippen molar-refractivity contribution in [1.29, 1.82) is 0 Å². The minimum absolute atomic E-state index is 0.369. The number of nitrogens with zero attached hydrogens (tertiary/aromatic N) is 4. The second-order valence-electron chi connectivity index (χ2n) is 3.95. The quantitative estimate of drug-likeness (QED) is 0.795. The molecule has 0 aliphatic carbocycles. The maximum absolute atomic E-state index is 5.90. The molecule has 2 heterocycles. The minimum Gasteiger partial charge on any atom is -0.376 e. The van der Waals surface area contributed by atoms with E-state index in [0.717, 1.165) is 5.69 Å². The molecule has 20 heavy (non-hydrogen) atoms. The lowest BCUT2D eigenvalue weighted by atomic mass is 10.3. The van der Waals surface area contributed by atoms with Crippen LogP contribution in [0.3, 0.4) is 0 Å². The zero-order valence-corrected chi connectivity index (χ0v) is 11.1. The molecule has 0 radical (unpaired) electrons. The maximum atomic E-state index is 5.90. The molecule has 2 aromatic heterocycles. The molecular formula is C13H10ClN5O. The first-order valence-corrected chi connectivity index (χ1v) is 6.28. The smallest absolute Gasteiger partial charge is 0.246 e. The Morgan fingerprint density at radius 3 is 2.75 bits per heavy atom. The van der Waals surface area contributed by atoms with Gasteiger partial charge in [-0.05, 0) is 24.3 Å². The molecule has 1 N–H and O–H groups in total. The fraction of sp³-hybridized carbons (Fsp3) is 0.0769. The number of halogens is 1. The van der Waals surface area contributed by atoms with Gasteiger partial charge in [0.25, 0.3) is 0 Å². The van der Waals surface area contributed by atoms with Gasteiger partial charge in [0.05, 0.1) is 6.54 Å². The molecular weight excluding hydrogens is 278 g/mol. The third-order valence-corrected chi connectivity index (χ3v) is 2.74. The number of anilines is 1. The van der Waals surface area contributed by atoms with Crippen molar-refractivity contribution in [2.45, 2.75) is 6.54 Å². The van der Waals surface area contributed by atoms with Gasteiger partial charge in [0.2, 0.25) is 17.5 Å². The summed E-state index contributed by atoms with van der Waals surface area (Å²) >= 11 is 5.90. The first-order chi connectivity index (χ1) is 9.81. The molecule has 3 aromatic rings. The molecule has 0 aliphatic heterocycles. The SMILES string of the molecule is Clc1cccc(NCc2nc(-c3ncccn3)no2)c1. The van der Waals surface area contributed by atoms with Crippen LogP contribution in [0.15, 0.2) is 47.2 Å². The molecule has 1 aromatic carbocycles. The zero-order valence-electron chi connectivity index (χ0n) is 10.3. The Bertz CT molecular complexity index is 701. The van der Waals surface area contributed by atoms with Gasteiger partial charge in [0.1, 0.15) is 0 Å². The Morgan fingerprint density at radius 1 is 1.10 bits per heavy atom. The summed E-state index contributed by atoms with van der Waals surface area (Å²) in [5.74, 6) is 1.26. The summed E-state index contributed by atoms with van der Waals surface area (Å²) in [6.45, 7) is 0.403. The summed E-state index contributed by atoms with van der Waals surface area (Å²) in [7, 11) is 0. The van der Waals surface area contributed by atoms with Gasteiger partial charge in [-0.2, -0.15) is 4.98 Å². The molecule has 0 amide bonds. The zero-order chi connectivity index (χ0) is 13.8. The van der Waals surface area contributed by atoms with Crippen molar-refractivity contribution in [2.75, 3.05) is 5.32 Å². The lowest BCUT2D eigenvalue weighted by molar-refractivity contribution is 0.384. The van der Waals surface area contributed by atoms with Crippen LogP contribution in [-0.4, -0.2) is 20.1 Å². The van der Waals surface area contributed by atoms with Crippen LogP contribution in [0.2, 0.25) is 5.02 Å². The van der Waals surface area contributed by atoms with E-state index in [1.54, 1.807) is 18.5 Å². The van der Waals surface area contributed by atoms with Gasteiger partial charge in [0.15, 0.2) is 0 Å². The highest BCUT2D eigenvalue weighted by atomic mass is 35.5. The van der Waals surface area contributed by atoms with Crippen LogP contribution in [0.4, 0.5) is 5.69 Å². The molecule has 0 atom stereocenters. The number of hydrogen-bond acceptors (Lipinski definition) is 6. The highest BCUT2D eigenvalue weighted by Crippen LogP contribution is 2.16. The van der Waals surface area contributed by atoms with Gasteiger partial charge in [-0.1, -0.05) is 22.8 Å². The molecule has 0 fully saturated rings. The molecule has 7 heteroatoms. The Morgan fingerprint density at radius 2 is 1.95 bits per heavy atom. The summed E-state index contributed by atoms with van der Waals surface area (Å²) in [4.78, 5) is 12.3. The molecule has 0 saturated heterocycles. The molecule has 0 spiro atoms. The van der Waals surface area contributed by atoms with Crippen LogP contribution in [0, 0.1) is 0 Å². The van der Waals surface area contributed by atoms with Gasteiger partial charge in [-0.25, -0.2) is 9.97 Å². The van der Waals surface area contributed by atoms with Crippen molar-refractivity contribution >= 4 is 17.3 Å². The standard InChI is InChI=1S/C13H10ClN5O/c14-9-3-1-4-10(7-9)17-8-11-18-13(19-20-11)12-15-5-2-6-16-12/h1-7,17H,8H2. The Labute approximate surface area is 119 Å². The van der Waals surface area contributed by atoms with Crippen molar-refractivity contribution in [3.05, 3.63) is 53.6 Å². The number of nitrogens with one attached hydrogen (secondary N) is 1. The van der Waals surface area contributed by atoms with Crippen molar-refractivity contribution in [3.8, 4) is 11.6 Å². The molecule has 0 aliphatic rings. The first-order valence-electron chi connectivity index (χ1n) is 5.91. The fourth-order valence-corrected chi connectivity index (χ4v) is 1.80. The summed E-state index contributed by atoms with van der Waals surface area (Å²) in [6.07, 6.45) is 3.26. The number of rotatable bonds is 4. The maximum Gasteiger partial charge on any atom is 0.246 e. The second kappa shape index (κ2) is 5.66. The predicted octanol–water partition coefficient (Wildman–Crippen LogP) is 2.79. The average Bonchev–Trinajstić information content (AvgIpc) is 2.95. The first kappa shape index (κ1) is 12.6. The number of benzene rings is 1. The van der Waals surface area contributed by atoms with Crippen molar-refractivity contribution in [3.63, 3.8) is 0 Å². The third-order valence-electron chi connectivity index (χ3n) is 2.50. The summed E-state index contributed by atoms with van der Waals surface area (Å²) < 4.78 is 5.13. The lowest BCUT2D eigenvalue weighted by Gasteiger charge is -2.02. The fourth-order valence-electron chi connectivity index (χ4n) is 1.61. The Balaban J connectivity index is 1.69. The van der Waals surface area contributed by atoms with Crippen molar-refractivity contribution in [1.82, 2.24) is 20.1 Å². The molecule has 100 valence electrons. The van der Waals surface area contributed by atoms with Gasteiger partial charge < -0.3 is 9.84 Å². The second-order valence-corrected chi connectivity index (χ2v) is 4.38. The molecule has 0 bridgehead atoms. The van der Waals surface area contributed by atoms with E-state index < -0.39 is 0 Å². The van der Waals surface area contributed by atoms with Gasteiger partial charge in [-0.3, -0.25) is 0 Å². The summed E-state index contributed by atoms with van der Waals surface area (Å²) in [5.41, 5.74) is 0.883. The summed E-state index contributed by atoms with van der Waals surface area (Å²) in [5, 5.41) is 7.65. The Hall–Kier alpha value is -2.47. The van der Waals surface area contributed by atoms with Crippen LogP contribution in [0.25, 0.3) is 11.6 Å². The van der Waals surface area contributed by atoms with Crippen molar-refractivity contribution in [2.24, 2.45) is 0 Å². The van der Waals surface area contributed by atoms with E-state index in [1.165, 1.54) is 0 Å². The van der Waals surface area contributed by atoms with Gasteiger partial charge >= 0.3 is 0 Å². The molecule has 0 unspecified atom stereocenters. The van der Waals surface area contributed by atoms with Crippen molar-refractivity contribution < 1.29 is 4.52 Å². The highest BCUT2D eigenvalue weighted by Gasteiger charge is 2.10. The van der Waals surface area contributed by atoms with Gasteiger partial charge in [0, 0.05) is 23.1 Å². The van der Waals surface area contributed by atoms with E-state index in [4.69, 9.17) is 16.1 Å². The highest BCUT2D eigenvalue weighted by molar-refractivity contribution is 6.30. The minimum atomic E-state index is 0.369. The summed E-state index contributed by atoms with van der Waals surface area (Å²) in [6, 6.07) is 9.12. The molecule has 6 nitrogen and oxygen atoms in total. The molecule has 0 saturated carbocycles. The normalized spacial score (nSPS) is 10.4. The van der Waals surface area contributed by atoms with E-state index in [9.17, 15) is 0 Å².